The van der Waals surface area contributed by atoms with Crippen molar-refractivity contribution in [3.05, 3.63) is 146 Å². The maximum absolute atomic E-state index is 13.6. The average Bonchev–Trinajstić information content (AvgIpc) is 3.25. The van der Waals surface area contributed by atoms with Crippen LogP contribution in [0.2, 0.25) is 0 Å². The summed E-state index contributed by atoms with van der Waals surface area (Å²) in [6, 6.07) is 48.4. The van der Waals surface area contributed by atoms with Crippen molar-refractivity contribution in [1.29, 1.82) is 0 Å². The number of rotatable bonds is 3. The SMILES string of the molecule is [Li+].[O-]c1ccc2ccccc2c1-c1c([O][Al]2[O]c3ccc4ccccc4c3-c3c(ccc4ccccc34)[O]2)ccc2ccccc12. The van der Waals surface area contributed by atoms with Gasteiger partial charge < -0.3 is 16.5 Å². The molecule has 46 heavy (non-hydrogen) atoms. The minimum atomic E-state index is -2.94. The second kappa shape index (κ2) is 11.5. The molecule has 0 atom stereocenters. The van der Waals surface area contributed by atoms with Crippen LogP contribution in [0, 0.1) is 0 Å². The van der Waals surface area contributed by atoms with Crippen molar-refractivity contribution >= 4 is 58.2 Å². The predicted molar refractivity (Wildman–Crippen MR) is 181 cm³/mol. The number of hydrogen-bond acceptors (Lipinski definition) is 4. The van der Waals surface area contributed by atoms with Crippen LogP contribution < -0.4 is 35.3 Å². The first-order valence-corrected chi connectivity index (χ1v) is 16.4. The summed E-state index contributed by atoms with van der Waals surface area (Å²) in [5.74, 6) is 1.94. The number of benzene rings is 8. The summed E-state index contributed by atoms with van der Waals surface area (Å²) in [6.45, 7) is 0. The monoisotopic (exact) mass is 602 g/mol. The van der Waals surface area contributed by atoms with Gasteiger partial charge in [0.05, 0.1) is 17.2 Å². The Hall–Kier alpha value is -4.87. The van der Waals surface area contributed by atoms with Gasteiger partial charge in [0.2, 0.25) is 0 Å². The van der Waals surface area contributed by atoms with Crippen LogP contribution in [-0.4, -0.2) is 15.1 Å². The zero-order valence-corrected chi connectivity index (χ0v) is 26.2. The van der Waals surface area contributed by atoms with Gasteiger partial charge in [-0.3, -0.25) is 0 Å². The molecule has 0 amide bonds. The number of fused-ring (bicyclic) bond motifs is 9. The van der Waals surface area contributed by atoms with Crippen molar-refractivity contribution in [3.63, 3.8) is 0 Å². The van der Waals surface area contributed by atoms with E-state index in [-0.39, 0.29) is 24.6 Å². The van der Waals surface area contributed by atoms with Crippen molar-refractivity contribution in [2.45, 2.75) is 0 Å². The van der Waals surface area contributed by atoms with Crippen LogP contribution in [0.5, 0.6) is 23.0 Å². The fourth-order valence-corrected chi connectivity index (χ4v) is 8.07. The van der Waals surface area contributed by atoms with Gasteiger partial charge in [-0.25, -0.2) is 0 Å². The maximum atomic E-state index is 13.6. The van der Waals surface area contributed by atoms with Gasteiger partial charge in [0.1, 0.15) is 0 Å². The molecule has 0 radical (unpaired) electrons. The second-order valence-corrected chi connectivity index (χ2v) is 12.6. The molecule has 6 heteroatoms. The third kappa shape index (κ3) is 4.61. The van der Waals surface area contributed by atoms with Crippen LogP contribution in [0.25, 0.3) is 65.3 Å². The van der Waals surface area contributed by atoms with Crippen molar-refractivity contribution in [3.8, 4) is 45.3 Å². The molecule has 0 spiro atoms. The molecule has 8 aromatic carbocycles. The Labute approximate surface area is 283 Å². The smallest absolute Gasteiger partial charge is 0.872 e. The first kappa shape index (κ1) is 28.6. The van der Waals surface area contributed by atoms with Crippen molar-refractivity contribution in [1.82, 2.24) is 0 Å². The van der Waals surface area contributed by atoms with E-state index < -0.39 is 15.1 Å². The maximum Gasteiger partial charge on any atom is 1.20 e. The summed E-state index contributed by atoms with van der Waals surface area (Å²) in [5.41, 5.74) is 3.35. The largest absolute Gasteiger partial charge is 1.20 e. The van der Waals surface area contributed by atoms with Gasteiger partial charge in [-0.1, -0.05) is 127 Å². The van der Waals surface area contributed by atoms with E-state index in [1.807, 2.05) is 84.9 Å². The Bertz CT molecular complexity index is 2370. The summed E-state index contributed by atoms with van der Waals surface area (Å²) < 4.78 is 20.3. The fourth-order valence-electron chi connectivity index (χ4n) is 6.72. The van der Waals surface area contributed by atoms with Crippen LogP contribution in [0.3, 0.4) is 0 Å². The fraction of sp³-hybridized carbons (Fsp3) is 0. The minimum Gasteiger partial charge on any atom is -0.872 e. The Kier molecular flexibility index (Phi) is 7.14. The van der Waals surface area contributed by atoms with Gasteiger partial charge in [0.15, 0.2) is 0 Å². The summed E-state index contributed by atoms with van der Waals surface area (Å²) in [5, 5.41) is 21.9. The molecule has 0 aromatic heterocycles. The normalized spacial score (nSPS) is 12.1. The molecule has 0 bridgehead atoms. The molecule has 0 N–H and O–H groups in total. The predicted octanol–water partition coefficient (Wildman–Crippen LogP) is 6.55. The second-order valence-electron chi connectivity index (χ2n) is 11.3. The Morgan fingerprint density at radius 3 is 1.30 bits per heavy atom. The van der Waals surface area contributed by atoms with Crippen molar-refractivity contribution < 1.29 is 35.3 Å². The van der Waals surface area contributed by atoms with E-state index in [9.17, 15) is 5.11 Å². The molecule has 0 fully saturated rings. The first-order valence-electron chi connectivity index (χ1n) is 15.0. The zero-order valence-electron chi connectivity index (χ0n) is 25.1. The van der Waals surface area contributed by atoms with Crippen LogP contribution in [-0.2, 0) is 0 Å². The minimum absolute atomic E-state index is 0. The van der Waals surface area contributed by atoms with Gasteiger partial charge in [-0.05, 0) is 66.9 Å². The molecule has 1 heterocycles. The molecule has 1 aliphatic heterocycles. The van der Waals surface area contributed by atoms with Crippen LogP contribution in [0.1, 0.15) is 0 Å². The van der Waals surface area contributed by atoms with Crippen LogP contribution in [0.15, 0.2) is 146 Å². The summed E-state index contributed by atoms with van der Waals surface area (Å²) in [4.78, 5) is 0. The molecular weight excluding hydrogens is 578 g/mol. The molecule has 0 saturated heterocycles. The van der Waals surface area contributed by atoms with Crippen LogP contribution >= 0.6 is 0 Å². The van der Waals surface area contributed by atoms with Crippen LogP contribution in [0.4, 0.5) is 0 Å². The summed E-state index contributed by atoms with van der Waals surface area (Å²) in [7, 11) is 0. The summed E-state index contributed by atoms with van der Waals surface area (Å²) in [6.07, 6.45) is 0. The average molecular weight is 603 g/mol. The zero-order chi connectivity index (χ0) is 29.9. The van der Waals surface area contributed by atoms with E-state index in [4.69, 9.17) is 11.4 Å². The third-order valence-electron chi connectivity index (χ3n) is 8.73. The van der Waals surface area contributed by atoms with E-state index in [0.717, 1.165) is 71.3 Å². The third-order valence-corrected chi connectivity index (χ3v) is 10.1. The topological polar surface area (TPSA) is 50.8 Å². The van der Waals surface area contributed by atoms with E-state index in [1.165, 1.54) is 0 Å². The standard InChI is InChI=1S/2C20H14O2.Al.Li/c2*21-17-11-9-13-5-1-3-7-15(13)19(17)20-16-8-4-2-6-14(16)10-12-18(20)22;;/h2*1-12,21-22H;;/q;;+3;+1/p-4. The molecule has 4 nitrogen and oxygen atoms in total. The number of hydrogen-bond donors (Lipinski definition) is 0. The van der Waals surface area contributed by atoms with Crippen molar-refractivity contribution in [2.24, 2.45) is 0 Å². The van der Waals surface area contributed by atoms with Gasteiger partial charge in [0, 0.05) is 16.7 Å². The molecule has 0 unspecified atom stereocenters. The summed E-state index contributed by atoms with van der Waals surface area (Å²) >= 11 is -2.94. The Morgan fingerprint density at radius 2 is 0.804 bits per heavy atom. The Balaban J connectivity index is 0.00000312. The first-order chi connectivity index (χ1) is 22.2. The van der Waals surface area contributed by atoms with Crippen molar-refractivity contribution in [2.75, 3.05) is 0 Å². The molecule has 8 aromatic rings. The molecule has 1 aliphatic rings. The quantitative estimate of drug-likeness (QED) is 0.216. The van der Waals surface area contributed by atoms with E-state index >= 15 is 0 Å². The van der Waals surface area contributed by atoms with Gasteiger partial charge in [-0.2, -0.15) is 0 Å². The van der Waals surface area contributed by atoms with Gasteiger partial charge in [0.25, 0.3) is 0 Å². The van der Waals surface area contributed by atoms with E-state index in [2.05, 4.69) is 54.6 Å². The molecule has 212 valence electrons. The van der Waals surface area contributed by atoms with Gasteiger partial charge in [-0.15, -0.1) is 5.75 Å². The molecular formula is C40H24AlLiO4. The molecule has 0 saturated carbocycles. The Morgan fingerprint density at radius 1 is 0.413 bits per heavy atom. The molecule has 9 rings (SSSR count). The van der Waals surface area contributed by atoms with Gasteiger partial charge >= 0.3 is 34.0 Å². The van der Waals surface area contributed by atoms with E-state index in [0.29, 0.717) is 11.3 Å². The molecule has 0 aliphatic carbocycles. The van der Waals surface area contributed by atoms with E-state index in [1.54, 1.807) is 6.07 Å².